The number of ether oxygens (including phenoxy) is 1. The highest BCUT2D eigenvalue weighted by atomic mass is 32.1. The summed E-state index contributed by atoms with van der Waals surface area (Å²) in [4.78, 5) is 30.0. The van der Waals surface area contributed by atoms with Crippen LogP contribution in [0.5, 0.6) is 5.75 Å². The van der Waals surface area contributed by atoms with Crippen molar-refractivity contribution >= 4 is 23.2 Å². The lowest BCUT2D eigenvalue weighted by atomic mass is 10.00. The lowest BCUT2D eigenvalue weighted by molar-refractivity contribution is -0.142. The van der Waals surface area contributed by atoms with Crippen molar-refractivity contribution in [1.82, 2.24) is 9.80 Å². The molecule has 0 fully saturated rings. The number of hydrogen-bond acceptors (Lipinski definition) is 4. The molecule has 0 N–H and O–H groups in total. The fourth-order valence-corrected chi connectivity index (χ4v) is 4.57. The summed E-state index contributed by atoms with van der Waals surface area (Å²) in [5, 5.41) is 2.04. The van der Waals surface area contributed by atoms with Gasteiger partial charge in [-0.15, -0.1) is 11.3 Å². The van der Waals surface area contributed by atoms with Crippen LogP contribution in [0.15, 0.2) is 35.7 Å². The highest BCUT2D eigenvalue weighted by molar-refractivity contribution is 7.10. The van der Waals surface area contributed by atoms with Gasteiger partial charge in [0, 0.05) is 24.9 Å². The summed E-state index contributed by atoms with van der Waals surface area (Å²) in [5.74, 6) is 0.425. The zero-order valence-corrected chi connectivity index (χ0v) is 18.6. The number of amides is 2. The number of hydrogen-bond donors (Lipinski definition) is 0. The van der Waals surface area contributed by atoms with E-state index < -0.39 is 0 Å². The monoisotopic (exact) mass is 432 g/mol. The second-order valence-corrected chi connectivity index (χ2v) is 8.83. The molecule has 2 heterocycles. The summed E-state index contributed by atoms with van der Waals surface area (Å²) in [6, 6.07) is 7.70. The van der Waals surface area contributed by atoms with Crippen molar-refractivity contribution in [2.24, 2.45) is 5.92 Å². The van der Waals surface area contributed by atoms with E-state index in [4.69, 9.17) is 4.74 Å². The molecule has 0 spiro atoms. The molecule has 162 valence electrons. The normalized spacial score (nSPS) is 16.7. The Labute approximate surface area is 181 Å². The summed E-state index contributed by atoms with van der Waals surface area (Å²) >= 11 is 1.69. The van der Waals surface area contributed by atoms with Crippen LogP contribution in [0, 0.1) is 11.7 Å². The van der Waals surface area contributed by atoms with Crippen LogP contribution in [0.1, 0.15) is 43.7 Å². The Balaban J connectivity index is 1.74. The lowest BCUT2D eigenvalue weighted by Gasteiger charge is -2.37. The van der Waals surface area contributed by atoms with Crippen molar-refractivity contribution < 1.29 is 18.7 Å². The predicted molar refractivity (Wildman–Crippen MR) is 116 cm³/mol. The van der Waals surface area contributed by atoms with Gasteiger partial charge in [-0.1, -0.05) is 20.3 Å². The van der Waals surface area contributed by atoms with Crippen LogP contribution in [0.2, 0.25) is 0 Å². The fraction of sp³-hybridized carbons (Fsp3) is 0.478. The zero-order valence-electron chi connectivity index (χ0n) is 17.8. The first-order chi connectivity index (χ1) is 14.4. The minimum Gasteiger partial charge on any atom is -0.491 e. The first kappa shape index (κ1) is 22.3. The van der Waals surface area contributed by atoms with Crippen molar-refractivity contribution in [3.63, 3.8) is 0 Å². The Hall–Kier alpha value is -2.41. The SMILES string of the molecule is CC[C@@H](C)CN(CC(=O)N1CCc2sccc2[C@H]1COc1ccc(F)cc1)C(C)=O. The maximum Gasteiger partial charge on any atom is 0.242 e. The van der Waals surface area contributed by atoms with E-state index in [1.54, 1.807) is 28.4 Å². The number of halogens is 1. The number of carbonyl (C=O) groups is 2. The molecule has 0 bridgehead atoms. The Kier molecular flexibility index (Phi) is 7.48. The number of rotatable bonds is 8. The van der Waals surface area contributed by atoms with Gasteiger partial charge in [-0.05, 0) is 53.6 Å². The highest BCUT2D eigenvalue weighted by Gasteiger charge is 2.33. The molecule has 0 aliphatic carbocycles. The second-order valence-electron chi connectivity index (χ2n) is 7.83. The first-order valence-corrected chi connectivity index (χ1v) is 11.3. The average Bonchev–Trinajstić information content (AvgIpc) is 3.21. The number of benzene rings is 1. The molecule has 7 heteroatoms. The van der Waals surface area contributed by atoms with Crippen LogP contribution in [-0.4, -0.2) is 47.9 Å². The molecule has 0 saturated heterocycles. The Bertz CT molecular complexity index is 868. The maximum atomic E-state index is 13.2. The molecule has 3 rings (SSSR count). The summed E-state index contributed by atoms with van der Waals surface area (Å²) in [6.45, 7) is 7.20. The van der Waals surface area contributed by atoms with Crippen molar-refractivity contribution in [2.75, 3.05) is 26.2 Å². The lowest BCUT2D eigenvalue weighted by Crippen LogP contribution is -2.48. The van der Waals surface area contributed by atoms with Crippen molar-refractivity contribution in [3.8, 4) is 5.75 Å². The fourth-order valence-electron chi connectivity index (χ4n) is 3.64. The van der Waals surface area contributed by atoms with Crippen molar-refractivity contribution in [2.45, 2.75) is 39.7 Å². The van der Waals surface area contributed by atoms with E-state index in [1.165, 1.54) is 23.9 Å². The van der Waals surface area contributed by atoms with Crippen LogP contribution in [0.25, 0.3) is 0 Å². The molecule has 2 atom stereocenters. The molecular weight excluding hydrogens is 403 g/mol. The average molecular weight is 433 g/mol. The van der Waals surface area contributed by atoms with E-state index >= 15 is 0 Å². The third-order valence-corrected chi connectivity index (χ3v) is 6.63. The van der Waals surface area contributed by atoms with Gasteiger partial charge in [-0.25, -0.2) is 4.39 Å². The molecule has 1 aromatic carbocycles. The van der Waals surface area contributed by atoms with E-state index in [2.05, 4.69) is 13.8 Å². The summed E-state index contributed by atoms with van der Waals surface area (Å²) in [5.41, 5.74) is 1.10. The molecule has 0 unspecified atom stereocenters. The van der Waals surface area contributed by atoms with Gasteiger partial charge in [-0.2, -0.15) is 0 Å². The van der Waals surface area contributed by atoms with Crippen LogP contribution in [-0.2, 0) is 16.0 Å². The van der Waals surface area contributed by atoms with Gasteiger partial charge in [0.2, 0.25) is 11.8 Å². The van der Waals surface area contributed by atoms with Crippen LogP contribution in [0.3, 0.4) is 0 Å². The van der Waals surface area contributed by atoms with E-state index in [0.29, 0.717) is 24.8 Å². The first-order valence-electron chi connectivity index (χ1n) is 10.4. The van der Waals surface area contributed by atoms with Crippen molar-refractivity contribution in [1.29, 1.82) is 0 Å². The third kappa shape index (κ3) is 5.39. The zero-order chi connectivity index (χ0) is 21.7. The quantitative estimate of drug-likeness (QED) is 0.625. The topological polar surface area (TPSA) is 49.9 Å². The minimum absolute atomic E-state index is 0.0712. The van der Waals surface area contributed by atoms with E-state index in [9.17, 15) is 14.0 Å². The van der Waals surface area contributed by atoms with Gasteiger partial charge < -0.3 is 14.5 Å². The minimum atomic E-state index is -0.317. The molecule has 5 nitrogen and oxygen atoms in total. The summed E-state index contributed by atoms with van der Waals surface area (Å²) in [6.07, 6.45) is 1.76. The van der Waals surface area contributed by atoms with Gasteiger partial charge in [0.25, 0.3) is 0 Å². The molecule has 2 aromatic rings. The van der Waals surface area contributed by atoms with Gasteiger partial charge in [-0.3, -0.25) is 9.59 Å². The standard InChI is InChI=1S/C23H29FN2O3S/c1-4-16(2)13-25(17(3)27)14-23(28)26-11-9-22-20(10-12-30-22)21(26)15-29-19-7-5-18(24)6-8-19/h5-8,10,12,16,21H,4,9,11,13-15H2,1-3H3/t16-,21-/m1/s1. The second kappa shape index (κ2) is 10.1. The number of carbonyl (C=O) groups excluding carboxylic acids is 2. The molecule has 0 radical (unpaired) electrons. The number of nitrogens with zero attached hydrogens (tertiary/aromatic N) is 2. The maximum absolute atomic E-state index is 13.2. The van der Waals surface area contributed by atoms with Crippen LogP contribution in [0.4, 0.5) is 4.39 Å². The molecule has 0 saturated carbocycles. The van der Waals surface area contributed by atoms with Gasteiger partial charge >= 0.3 is 0 Å². The predicted octanol–water partition coefficient (Wildman–Crippen LogP) is 4.29. The Morgan fingerprint density at radius 1 is 1.30 bits per heavy atom. The molecule has 1 aliphatic heterocycles. The van der Waals surface area contributed by atoms with E-state index in [1.807, 2.05) is 16.3 Å². The van der Waals surface area contributed by atoms with Gasteiger partial charge in [0.05, 0.1) is 12.6 Å². The third-order valence-electron chi connectivity index (χ3n) is 5.64. The molecular formula is C23H29FN2O3S. The smallest absolute Gasteiger partial charge is 0.242 e. The molecule has 30 heavy (non-hydrogen) atoms. The van der Waals surface area contributed by atoms with Crippen LogP contribution < -0.4 is 4.74 Å². The molecule has 2 amide bonds. The van der Waals surface area contributed by atoms with Gasteiger partial charge in [0.1, 0.15) is 18.2 Å². The molecule has 1 aliphatic rings. The van der Waals surface area contributed by atoms with Crippen molar-refractivity contribution in [3.05, 3.63) is 52.0 Å². The summed E-state index contributed by atoms with van der Waals surface area (Å²) in [7, 11) is 0. The molecule has 1 aromatic heterocycles. The van der Waals surface area contributed by atoms with Crippen LogP contribution >= 0.6 is 11.3 Å². The largest absolute Gasteiger partial charge is 0.491 e. The van der Waals surface area contributed by atoms with Gasteiger partial charge in [0.15, 0.2) is 0 Å². The Morgan fingerprint density at radius 3 is 2.70 bits per heavy atom. The highest BCUT2D eigenvalue weighted by Crippen LogP contribution is 2.34. The number of fused-ring (bicyclic) bond motifs is 1. The van der Waals surface area contributed by atoms with E-state index in [-0.39, 0.29) is 36.8 Å². The Morgan fingerprint density at radius 2 is 2.03 bits per heavy atom. The van der Waals surface area contributed by atoms with E-state index in [0.717, 1.165) is 18.4 Å². The summed E-state index contributed by atoms with van der Waals surface area (Å²) < 4.78 is 19.1. The number of thiophene rings is 1.